The van der Waals surface area contributed by atoms with Crippen molar-refractivity contribution in [2.75, 3.05) is 5.32 Å². The molecule has 2 N–H and O–H groups in total. The van der Waals surface area contributed by atoms with Gasteiger partial charge in [0.2, 0.25) is 0 Å². The third-order valence-electron chi connectivity index (χ3n) is 5.09. The van der Waals surface area contributed by atoms with Gasteiger partial charge in [0, 0.05) is 17.3 Å². The van der Waals surface area contributed by atoms with E-state index >= 15 is 0 Å². The number of nitrogens with zero attached hydrogens (tertiary/aromatic N) is 2. The van der Waals surface area contributed by atoms with Crippen molar-refractivity contribution in [3.8, 4) is 22.7 Å². The number of nitro groups is 1. The molecule has 0 fully saturated rings. The number of anilines is 1. The molecule has 3 aromatic carbocycles. The fourth-order valence-corrected chi connectivity index (χ4v) is 3.51. The maximum absolute atomic E-state index is 13.2. The Morgan fingerprint density at radius 2 is 1.84 bits per heavy atom. The number of nitro benzene ring substituents is 1. The van der Waals surface area contributed by atoms with E-state index < -0.39 is 4.92 Å². The number of hydrogen-bond donors (Lipinski definition) is 2. The lowest BCUT2D eigenvalue weighted by molar-refractivity contribution is -0.384. The van der Waals surface area contributed by atoms with Crippen molar-refractivity contribution < 1.29 is 13.7 Å². The molecule has 0 radical (unpaired) electrons. The smallest absolute Gasteiger partial charge is 0.280 e. The average Bonchev–Trinajstić information content (AvgIpc) is 3.45. The van der Waals surface area contributed by atoms with Gasteiger partial charge in [0.15, 0.2) is 0 Å². The van der Waals surface area contributed by atoms with Gasteiger partial charge in [-0.1, -0.05) is 12.1 Å². The fraction of sp³-hybridized carbons (Fsp3) is 0.0417. The molecule has 0 amide bonds. The highest BCUT2D eigenvalue weighted by molar-refractivity contribution is 5.82. The zero-order valence-corrected chi connectivity index (χ0v) is 16.7. The third-order valence-corrected chi connectivity index (χ3v) is 5.09. The zero-order valence-electron chi connectivity index (χ0n) is 16.7. The highest BCUT2D eigenvalue weighted by Crippen LogP contribution is 2.31. The summed E-state index contributed by atoms with van der Waals surface area (Å²) in [6.07, 6.45) is 0. The van der Waals surface area contributed by atoms with Crippen molar-refractivity contribution in [2.24, 2.45) is 0 Å². The van der Waals surface area contributed by atoms with Crippen molar-refractivity contribution in [1.82, 2.24) is 9.97 Å². The van der Waals surface area contributed by atoms with Gasteiger partial charge in [0.25, 0.3) is 5.69 Å². The minimum absolute atomic E-state index is 0.00279. The molecular weight excluding hydrogens is 411 g/mol. The van der Waals surface area contributed by atoms with Gasteiger partial charge < -0.3 is 14.7 Å². The Hall–Kier alpha value is -4.46. The summed E-state index contributed by atoms with van der Waals surface area (Å²) in [5, 5.41) is 14.5. The summed E-state index contributed by atoms with van der Waals surface area (Å²) >= 11 is 0. The number of nitrogens with one attached hydrogen (secondary N) is 2. The summed E-state index contributed by atoms with van der Waals surface area (Å²) in [5.74, 6) is 1.47. The van der Waals surface area contributed by atoms with E-state index in [0.717, 1.165) is 22.3 Å². The summed E-state index contributed by atoms with van der Waals surface area (Å²) in [7, 11) is 0. The predicted molar refractivity (Wildman–Crippen MR) is 120 cm³/mol. The summed E-state index contributed by atoms with van der Waals surface area (Å²) in [4.78, 5) is 18.6. The van der Waals surface area contributed by atoms with Crippen LogP contribution in [0.25, 0.3) is 33.7 Å². The van der Waals surface area contributed by atoms with Crippen LogP contribution in [-0.4, -0.2) is 14.9 Å². The van der Waals surface area contributed by atoms with Crippen LogP contribution in [-0.2, 0) is 6.54 Å². The van der Waals surface area contributed by atoms with Crippen LogP contribution in [0.2, 0.25) is 0 Å². The maximum atomic E-state index is 13.2. The first kappa shape index (κ1) is 19.5. The highest BCUT2D eigenvalue weighted by atomic mass is 19.1. The molecule has 0 atom stereocenters. The molecule has 8 heteroatoms. The van der Waals surface area contributed by atoms with E-state index in [-0.39, 0.29) is 11.5 Å². The van der Waals surface area contributed by atoms with E-state index in [9.17, 15) is 14.5 Å². The minimum Gasteiger partial charge on any atom is -0.459 e. The van der Waals surface area contributed by atoms with Crippen LogP contribution in [0.15, 0.2) is 83.3 Å². The topological polar surface area (TPSA) is 97.0 Å². The number of furan rings is 1. The summed E-state index contributed by atoms with van der Waals surface area (Å²) in [6, 6.07) is 21.9. The van der Waals surface area contributed by atoms with Crippen LogP contribution in [0.4, 0.5) is 15.8 Å². The molecule has 2 heterocycles. The molecule has 158 valence electrons. The van der Waals surface area contributed by atoms with E-state index in [2.05, 4.69) is 15.3 Å². The minimum atomic E-state index is -0.421. The van der Waals surface area contributed by atoms with Crippen LogP contribution in [0.3, 0.4) is 0 Å². The van der Waals surface area contributed by atoms with Gasteiger partial charge in [-0.25, -0.2) is 9.37 Å². The molecule has 2 aromatic heterocycles. The lowest BCUT2D eigenvalue weighted by Crippen LogP contribution is -1.97. The van der Waals surface area contributed by atoms with Gasteiger partial charge >= 0.3 is 0 Å². The Balaban J connectivity index is 1.33. The van der Waals surface area contributed by atoms with Gasteiger partial charge in [0.05, 0.1) is 28.1 Å². The van der Waals surface area contributed by atoms with Crippen molar-refractivity contribution in [2.45, 2.75) is 6.54 Å². The quantitative estimate of drug-likeness (QED) is 0.250. The lowest BCUT2D eigenvalue weighted by atomic mass is 10.1. The molecule has 7 nitrogen and oxygen atoms in total. The monoisotopic (exact) mass is 428 g/mol. The van der Waals surface area contributed by atoms with Crippen LogP contribution < -0.4 is 5.32 Å². The number of fused-ring (bicyclic) bond motifs is 1. The molecule has 32 heavy (non-hydrogen) atoms. The number of hydrogen-bond acceptors (Lipinski definition) is 5. The van der Waals surface area contributed by atoms with Crippen LogP contribution in [0.5, 0.6) is 0 Å². The molecule has 0 aliphatic heterocycles. The van der Waals surface area contributed by atoms with Gasteiger partial charge in [-0.15, -0.1) is 0 Å². The zero-order chi connectivity index (χ0) is 22.1. The predicted octanol–water partition coefficient (Wildman–Crippen LogP) is 6.15. The maximum Gasteiger partial charge on any atom is 0.280 e. The van der Waals surface area contributed by atoms with E-state index in [0.29, 0.717) is 29.5 Å². The molecule has 0 saturated carbocycles. The summed E-state index contributed by atoms with van der Waals surface area (Å²) < 4.78 is 19.0. The van der Waals surface area contributed by atoms with Gasteiger partial charge in [-0.3, -0.25) is 10.1 Å². The number of para-hydroxylation sites is 1. The number of halogens is 1. The van der Waals surface area contributed by atoms with Crippen LogP contribution in [0, 0.1) is 15.9 Å². The molecule has 0 spiro atoms. The average molecular weight is 428 g/mol. The Morgan fingerprint density at radius 3 is 2.66 bits per heavy atom. The third kappa shape index (κ3) is 3.81. The second kappa shape index (κ2) is 7.99. The van der Waals surface area contributed by atoms with Gasteiger partial charge in [0.1, 0.15) is 23.2 Å². The van der Waals surface area contributed by atoms with Crippen LogP contribution >= 0.6 is 0 Å². The number of H-pyrrole nitrogens is 1. The largest absolute Gasteiger partial charge is 0.459 e. The van der Waals surface area contributed by atoms with Crippen LogP contribution in [0.1, 0.15) is 5.76 Å². The molecule has 5 aromatic rings. The lowest BCUT2D eigenvalue weighted by Gasteiger charge is -2.04. The van der Waals surface area contributed by atoms with Gasteiger partial charge in [-0.05, 0) is 60.7 Å². The summed E-state index contributed by atoms with van der Waals surface area (Å²) in [6.45, 7) is 0.408. The van der Waals surface area contributed by atoms with Gasteiger partial charge in [-0.2, -0.15) is 0 Å². The SMILES string of the molecule is O=[N+]([O-])c1ccccc1-c1ccc(CNc2ccc3nc(-c4ccc(F)cc4)[nH]c3c2)o1. The van der Waals surface area contributed by atoms with Crippen molar-refractivity contribution in [3.63, 3.8) is 0 Å². The summed E-state index contributed by atoms with van der Waals surface area (Å²) in [5.41, 5.74) is 3.74. The number of imidazole rings is 1. The van der Waals surface area contributed by atoms with Crippen molar-refractivity contribution in [3.05, 3.63) is 101 Å². The molecule has 0 unspecified atom stereocenters. The number of aromatic amines is 1. The Morgan fingerprint density at radius 1 is 1.03 bits per heavy atom. The van der Waals surface area contributed by atoms with Crippen molar-refractivity contribution >= 4 is 22.4 Å². The Kier molecular flexibility index (Phi) is 4.87. The number of benzene rings is 3. The molecule has 0 aliphatic rings. The van der Waals surface area contributed by atoms with E-state index in [1.54, 1.807) is 42.5 Å². The van der Waals surface area contributed by atoms with E-state index in [1.165, 1.54) is 18.2 Å². The molecule has 0 bridgehead atoms. The number of rotatable bonds is 6. The number of aromatic nitrogens is 2. The Bertz CT molecular complexity index is 1420. The molecule has 5 rings (SSSR count). The van der Waals surface area contributed by atoms with E-state index in [4.69, 9.17) is 4.42 Å². The first-order chi connectivity index (χ1) is 15.6. The first-order valence-corrected chi connectivity index (χ1v) is 9.89. The molecular formula is C24H17FN4O3. The second-order valence-corrected chi connectivity index (χ2v) is 7.22. The normalized spacial score (nSPS) is 11.0. The highest BCUT2D eigenvalue weighted by Gasteiger charge is 2.17. The van der Waals surface area contributed by atoms with E-state index in [1.807, 2.05) is 18.2 Å². The standard InChI is InChI=1S/C24H17FN4O3/c25-16-7-5-15(6-8-16)24-27-20-11-9-17(13-21(20)28-24)26-14-18-10-12-23(32-18)19-3-1-2-4-22(19)29(30)31/h1-13,26H,14H2,(H,27,28). The molecule has 0 saturated heterocycles. The molecule has 0 aliphatic carbocycles. The Labute approximate surface area is 181 Å². The first-order valence-electron chi connectivity index (χ1n) is 9.89. The fourth-order valence-electron chi connectivity index (χ4n) is 3.51. The second-order valence-electron chi connectivity index (χ2n) is 7.22. The van der Waals surface area contributed by atoms with Crippen molar-refractivity contribution in [1.29, 1.82) is 0 Å².